The first kappa shape index (κ1) is 23.8. The van der Waals surface area contributed by atoms with E-state index in [0.29, 0.717) is 0 Å². The van der Waals surface area contributed by atoms with Crippen molar-refractivity contribution in [3.05, 3.63) is 140 Å². The zero-order chi connectivity index (χ0) is 27.8. The number of benzene rings is 5. The normalized spacial score (nSPS) is 13.5. The van der Waals surface area contributed by atoms with E-state index < -0.39 is 6.19 Å². The zero-order valence-corrected chi connectivity index (χ0v) is 24.1. The molecule has 5 aromatic carbocycles. The Balaban J connectivity index is 1.50. The van der Waals surface area contributed by atoms with Gasteiger partial charge in [-0.05, 0) is 47.9 Å². The second kappa shape index (κ2) is 8.83. The van der Waals surface area contributed by atoms with Crippen LogP contribution in [0.25, 0.3) is 60.2 Å². The molecule has 0 saturated heterocycles. The van der Waals surface area contributed by atoms with Gasteiger partial charge in [-0.15, -0.1) is 0 Å². The first-order valence-corrected chi connectivity index (χ1v) is 16.7. The lowest BCUT2D eigenvalue weighted by Gasteiger charge is -2.27. The van der Waals surface area contributed by atoms with Crippen molar-refractivity contribution in [1.82, 2.24) is 18.7 Å². The van der Waals surface area contributed by atoms with E-state index in [1.54, 1.807) is 0 Å². The molecule has 0 radical (unpaired) electrons. The maximum atomic E-state index is 7.02. The second-order valence-electron chi connectivity index (χ2n) is 10.6. The molecule has 1 unspecified atom stereocenters. The Hall–Kier alpha value is -4.83. The molecule has 9 rings (SSSR count). The highest BCUT2D eigenvalue weighted by molar-refractivity contribution is 8.21. The van der Waals surface area contributed by atoms with Crippen LogP contribution in [0.5, 0.6) is 0 Å². The molecule has 0 fully saturated rings. The average molecular weight is 575 g/mol. The number of para-hydroxylation sites is 4. The van der Waals surface area contributed by atoms with Crippen LogP contribution in [-0.4, -0.2) is 18.7 Å². The third-order valence-corrected chi connectivity index (χ3v) is 13.1. The van der Waals surface area contributed by atoms with Gasteiger partial charge in [0.2, 0.25) is 0 Å². The van der Waals surface area contributed by atoms with E-state index in [4.69, 9.17) is 16.8 Å². The van der Waals surface area contributed by atoms with Crippen LogP contribution in [0.4, 0.5) is 0 Å². The van der Waals surface area contributed by atoms with Crippen LogP contribution in [0, 0.1) is 0 Å². The number of nitrogens with zero attached hydrogens (tertiary/aromatic N) is 4. The molecule has 4 aromatic heterocycles. The van der Waals surface area contributed by atoms with Gasteiger partial charge in [0.05, 0.1) is 22.1 Å². The standard InChI is InChI=1S/C36H23N4PS/c42-41(24-11-10-22-37-23-24,40-31-18-7-4-14-27(31)28-15-5-8-19-32(28)40)34-21-9-20-33-35(34)38-36-29-16-2-1-12-25(29)26-13-3-6-17-30(26)39(33)36/h1-23H. The fourth-order valence-corrected chi connectivity index (χ4v) is 10.9. The molecule has 4 heterocycles. The van der Waals surface area contributed by atoms with Crippen molar-refractivity contribution in [3.63, 3.8) is 0 Å². The Morgan fingerprint density at radius 1 is 0.524 bits per heavy atom. The van der Waals surface area contributed by atoms with Gasteiger partial charge in [0, 0.05) is 44.5 Å². The Kier molecular flexibility index (Phi) is 5.01. The van der Waals surface area contributed by atoms with Crippen LogP contribution in [0.3, 0.4) is 0 Å². The largest absolute Gasteiger partial charge is 0.304 e. The summed E-state index contributed by atoms with van der Waals surface area (Å²) in [5.41, 5.74) is 6.33. The Morgan fingerprint density at radius 2 is 1.10 bits per heavy atom. The van der Waals surface area contributed by atoms with E-state index in [1.807, 2.05) is 18.5 Å². The Bertz CT molecular complexity index is 2510. The van der Waals surface area contributed by atoms with Crippen LogP contribution in [0.1, 0.15) is 0 Å². The molecule has 0 N–H and O–H groups in total. The number of imidazole rings is 1. The average Bonchev–Trinajstić information content (AvgIpc) is 3.62. The minimum atomic E-state index is -2.73. The predicted octanol–water partition coefficient (Wildman–Crippen LogP) is 8.19. The summed E-state index contributed by atoms with van der Waals surface area (Å²) in [7, 11) is 0. The molecule has 9 aromatic rings. The van der Waals surface area contributed by atoms with Gasteiger partial charge in [-0.25, -0.2) is 4.98 Å². The van der Waals surface area contributed by atoms with Crippen LogP contribution in [0.2, 0.25) is 0 Å². The van der Waals surface area contributed by atoms with Crippen molar-refractivity contribution in [2.45, 2.75) is 0 Å². The second-order valence-corrected chi connectivity index (χ2v) is 14.7. The highest BCUT2D eigenvalue weighted by Crippen LogP contribution is 2.52. The number of aromatic nitrogens is 4. The van der Waals surface area contributed by atoms with Crippen molar-refractivity contribution >= 4 is 88.8 Å². The summed E-state index contributed by atoms with van der Waals surface area (Å²) in [5, 5.41) is 8.03. The summed E-state index contributed by atoms with van der Waals surface area (Å²) in [6.07, 6.45) is 1.04. The summed E-state index contributed by atoms with van der Waals surface area (Å²) < 4.78 is 4.73. The zero-order valence-electron chi connectivity index (χ0n) is 22.4. The van der Waals surface area contributed by atoms with Crippen molar-refractivity contribution in [1.29, 1.82) is 0 Å². The number of fused-ring (bicyclic) bond motifs is 11. The third kappa shape index (κ3) is 3.10. The molecule has 42 heavy (non-hydrogen) atoms. The lowest BCUT2D eigenvalue weighted by atomic mass is 10.1. The quantitative estimate of drug-likeness (QED) is 0.158. The van der Waals surface area contributed by atoms with E-state index in [9.17, 15) is 0 Å². The van der Waals surface area contributed by atoms with Crippen molar-refractivity contribution in [3.8, 4) is 0 Å². The molecule has 6 heteroatoms. The van der Waals surface area contributed by atoms with Crippen molar-refractivity contribution in [2.75, 3.05) is 0 Å². The number of hydrogen-bond donors (Lipinski definition) is 0. The molecular formula is C36H23N4PS. The smallest absolute Gasteiger partial charge is 0.146 e. The van der Waals surface area contributed by atoms with Crippen LogP contribution in [0.15, 0.2) is 140 Å². The maximum Gasteiger partial charge on any atom is 0.146 e. The first-order chi connectivity index (χ1) is 20.7. The molecule has 0 saturated carbocycles. The molecule has 0 amide bonds. The number of rotatable bonds is 3. The van der Waals surface area contributed by atoms with Gasteiger partial charge in [0.25, 0.3) is 0 Å². The third-order valence-electron chi connectivity index (χ3n) is 8.43. The van der Waals surface area contributed by atoms with Gasteiger partial charge in [0.1, 0.15) is 17.4 Å². The Labute approximate surface area is 246 Å². The first-order valence-electron chi connectivity index (χ1n) is 14.0. The molecule has 4 nitrogen and oxygen atoms in total. The van der Waals surface area contributed by atoms with Gasteiger partial charge in [0.15, 0.2) is 0 Å². The van der Waals surface area contributed by atoms with Gasteiger partial charge < -0.3 is 4.34 Å². The molecular weight excluding hydrogens is 551 g/mol. The summed E-state index contributed by atoms with van der Waals surface area (Å²) >= 11 is 7.02. The van der Waals surface area contributed by atoms with E-state index >= 15 is 0 Å². The number of hydrogen-bond acceptors (Lipinski definition) is 3. The molecule has 198 valence electrons. The van der Waals surface area contributed by atoms with E-state index in [-0.39, 0.29) is 0 Å². The predicted molar refractivity (Wildman–Crippen MR) is 180 cm³/mol. The lowest BCUT2D eigenvalue weighted by Crippen LogP contribution is -2.22. The van der Waals surface area contributed by atoms with Gasteiger partial charge in [-0.3, -0.25) is 9.38 Å². The Morgan fingerprint density at radius 3 is 1.76 bits per heavy atom. The van der Waals surface area contributed by atoms with E-state index in [0.717, 1.165) is 49.2 Å². The maximum absolute atomic E-state index is 7.02. The summed E-state index contributed by atoms with van der Waals surface area (Å²) in [6.45, 7) is 0. The molecule has 0 bridgehead atoms. The molecule has 0 aliphatic heterocycles. The highest BCUT2D eigenvalue weighted by atomic mass is 32.4. The van der Waals surface area contributed by atoms with E-state index in [2.05, 4.69) is 135 Å². The fourth-order valence-electron chi connectivity index (χ4n) is 6.66. The SMILES string of the molecule is S=P(c1cccnc1)(c1cccc2c1nc1c3ccccc3c3ccccc3n21)n1c2ccccc2c2ccccc21. The highest BCUT2D eigenvalue weighted by Gasteiger charge is 2.32. The summed E-state index contributed by atoms with van der Waals surface area (Å²) in [5.74, 6) is 0. The topological polar surface area (TPSA) is 35.1 Å². The van der Waals surface area contributed by atoms with Crippen LogP contribution in [-0.2, 0) is 11.8 Å². The molecule has 0 spiro atoms. The van der Waals surface area contributed by atoms with Crippen molar-refractivity contribution < 1.29 is 0 Å². The molecule has 0 aliphatic carbocycles. The van der Waals surface area contributed by atoms with Crippen LogP contribution >= 0.6 is 6.19 Å². The van der Waals surface area contributed by atoms with Crippen LogP contribution < -0.4 is 10.6 Å². The lowest BCUT2D eigenvalue weighted by molar-refractivity contribution is 1.31. The fraction of sp³-hybridized carbons (Fsp3) is 0. The molecule has 1 atom stereocenters. The minimum Gasteiger partial charge on any atom is -0.304 e. The summed E-state index contributed by atoms with van der Waals surface area (Å²) in [6, 6.07) is 45.0. The van der Waals surface area contributed by atoms with Gasteiger partial charge in [-0.1, -0.05) is 96.7 Å². The minimum absolute atomic E-state index is 0.938. The number of pyridine rings is 2. The van der Waals surface area contributed by atoms with Gasteiger partial charge in [-0.2, -0.15) is 0 Å². The van der Waals surface area contributed by atoms with Gasteiger partial charge >= 0.3 is 0 Å². The van der Waals surface area contributed by atoms with Crippen molar-refractivity contribution in [2.24, 2.45) is 0 Å². The summed E-state index contributed by atoms with van der Waals surface area (Å²) in [4.78, 5) is 10.0. The monoisotopic (exact) mass is 574 g/mol. The molecule has 0 aliphatic rings. The van der Waals surface area contributed by atoms with E-state index in [1.165, 1.54) is 21.5 Å².